The molecular formula is C26H27N3O4S. The second-order valence-corrected chi connectivity index (χ2v) is 9.73. The molecule has 1 saturated heterocycles. The third-order valence-corrected chi connectivity index (χ3v) is 7.44. The number of ether oxygens (including phenoxy) is 1. The van der Waals surface area contributed by atoms with E-state index in [0.717, 1.165) is 60.6 Å². The van der Waals surface area contributed by atoms with Crippen molar-refractivity contribution in [3.63, 3.8) is 0 Å². The number of aliphatic hydroxyl groups excluding tert-OH is 1. The summed E-state index contributed by atoms with van der Waals surface area (Å²) in [6, 6.07) is 14.7. The number of carbonyl (C=O) groups is 2. The minimum absolute atomic E-state index is 0.110. The number of fused-ring (bicyclic) bond motifs is 1. The number of rotatable bonds is 7. The van der Waals surface area contributed by atoms with Gasteiger partial charge in [0.1, 0.15) is 0 Å². The van der Waals surface area contributed by atoms with Gasteiger partial charge in [-0.25, -0.2) is 4.98 Å². The number of thiazole rings is 1. The lowest BCUT2D eigenvalue weighted by Crippen LogP contribution is -2.39. The van der Waals surface area contributed by atoms with Gasteiger partial charge in [-0.15, -0.1) is 11.3 Å². The summed E-state index contributed by atoms with van der Waals surface area (Å²) < 4.78 is 6.30. The van der Waals surface area contributed by atoms with Crippen molar-refractivity contribution >= 4 is 33.2 Å². The van der Waals surface area contributed by atoms with Crippen molar-refractivity contribution in [1.82, 2.24) is 14.8 Å². The van der Waals surface area contributed by atoms with E-state index in [4.69, 9.17) is 4.74 Å². The molecule has 1 fully saturated rings. The fraction of sp³-hybridized carbons (Fsp3) is 0.346. The third kappa shape index (κ3) is 4.36. The van der Waals surface area contributed by atoms with E-state index in [-0.39, 0.29) is 10.6 Å². The summed E-state index contributed by atoms with van der Waals surface area (Å²) >= 11 is 1.28. The average molecular weight is 478 g/mol. The van der Waals surface area contributed by atoms with Crippen LogP contribution in [0.5, 0.6) is 0 Å². The van der Waals surface area contributed by atoms with E-state index in [2.05, 4.69) is 9.88 Å². The predicted octanol–water partition coefficient (Wildman–Crippen LogP) is 3.91. The van der Waals surface area contributed by atoms with E-state index in [1.54, 1.807) is 4.90 Å². The van der Waals surface area contributed by atoms with Crippen LogP contribution in [0.15, 0.2) is 59.9 Å². The normalized spacial score (nSPS) is 19.4. The number of hydrogen-bond donors (Lipinski definition) is 1. The van der Waals surface area contributed by atoms with Crippen LogP contribution in [-0.4, -0.2) is 71.0 Å². The molecule has 3 heterocycles. The summed E-state index contributed by atoms with van der Waals surface area (Å²) in [5.41, 5.74) is 2.73. The Bertz CT molecular complexity index is 1210. The maximum atomic E-state index is 13.6. The molecule has 0 spiro atoms. The smallest absolute Gasteiger partial charge is 0.290 e. The molecule has 7 nitrogen and oxygen atoms in total. The van der Waals surface area contributed by atoms with Crippen LogP contribution in [0, 0.1) is 6.92 Å². The molecule has 2 aromatic carbocycles. The number of ketones is 1. The van der Waals surface area contributed by atoms with Gasteiger partial charge in [0.2, 0.25) is 5.78 Å². The van der Waals surface area contributed by atoms with Gasteiger partial charge in [-0.05, 0) is 31.0 Å². The highest BCUT2D eigenvalue weighted by atomic mass is 32.1. The number of aromatic nitrogens is 1. The molecule has 8 heteroatoms. The van der Waals surface area contributed by atoms with Crippen molar-refractivity contribution in [2.45, 2.75) is 19.4 Å². The monoisotopic (exact) mass is 477 g/mol. The van der Waals surface area contributed by atoms with Crippen LogP contribution in [0.4, 0.5) is 0 Å². The molecule has 3 aromatic rings. The lowest BCUT2D eigenvalue weighted by atomic mass is 9.95. The van der Waals surface area contributed by atoms with Gasteiger partial charge < -0.3 is 14.7 Å². The van der Waals surface area contributed by atoms with Crippen molar-refractivity contribution in [2.75, 3.05) is 39.4 Å². The molecule has 1 aromatic heterocycles. The summed E-state index contributed by atoms with van der Waals surface area (Å²) in [7, 11) is 0. The quantitative estimate of drug-likeness (QED) is 0.520. The first-order valence-electron chi connectivity index (χ1n) is 11.5. The molecule has 2 aliphatic heterocycles. The fourth-order valence-electron chi connectivity index (χ4n) is 4.59. The second kappa shape index (κ2) is 9.66. The minimum Gasteiger partial charge on any atom is -0.503 e. The molecule has 5 rings (SSSR count). The Morgan fingerprint density at radius 2 is 1.85 bits per heavy atom. The van der Waals surface area contributed by atoms with Crippen molar-refractivity contribution < 1.29 is 19.4 Å². The molecule has 34 heavy (non-hydrogen) atoms. The molecule has 0 bridgehead atoms. The standard InChI is InChI=1S/C26H27N3O4S/c1-17-7-9-18(10-8-17)22-21(23(30)25-27-19-5-2-3-6-20(19)34-25)24(31)26(32)29(22)12-4-11-28-13-15-33-16-14-28/h2-3,5-10,22,31H,4,11-16H2,1H3/t22-/m0/s1. The highest BCUT2D eigenvalue weighted by Crippen LogP contribution is 2.40. The average Bonchev–Trinajstić information content (AvgIpc) is 3.40. The Hall–Kier alpha value is -3.07. The maximum absolute atomic E-state index is 13.6. The molecule has 2 aliphatic rings. The number of aliphatic hydroxyl groups is 1. The number of Topliss-reactive ketones (excluding diaryl/α,β-unsaturated/α-hetero) is 1. The number of aryl methyl sites for hydroxylation is 1. The highest BCUT2D eigenvalue weighted by molar-refractivity contribution is 7.20. The van der Waals surface area contributed by atoms with Crippen molar-refractivity contribution in [1.29, 1.82) is 0 Å². The Morgan fingerprint density at radius 1 is 1.12 bits per heavy atom. The van der Waals surface area contributed by atoms with Crippen LogP contribution in [0.25, 0.3) is 10.2 Å². The first-order chi connectivity index (χ1) is 16.5. The summed E-state index contributed by atoms with van der Waals surface area (Å²) in [4.78, 5) is 35.2. The molecular weight excluding hydrogens is 450 g/mol. The van der Waals surface area contributed by atoms with Gasteiger partial charge >= 0.3 is 0 Å². The van der Waals surface area contributed by atoms with Crippen molar-refractivity contribution in [2.24, 2.45) is 0 Å². The zero-order valence-corrected chi connectivity index (χ0v) is 19.9. The number of nitrogens with zero attached hydrogens (tertiary/aromatic N) is 3. The molecule has 0 radical (unpaired) electrons. The van der Waals surface area contributed by atoms with Crippen molar-refractivity contribution in [3.8, 4) is 0 Å². The number of morpholine rings is 1. The van der Waals surface area contributed by atoms with Gasteiger partial charge in [0.05, 0.1) is 35.0 Å². The van der Waals surface area contributed by atoms with Gasteiger partial charge in [-0.2, -0.15) is 0 Å². The number of amides is 1. The summed E-state index contributed by atoms with van der Waals surface area (Å²) in [5.74, 6) is -1.37. The zero-order chi connectivity index (χ0) is 23.7. The van der Waals surface area contributed by atoms with Crippen molar-refractivity contribution in [3.05, 3.63) is 76.0 Å². The number of carbonyl (C=O) groups excluding carboxylic acids is 2. The Kier molecular flexibility index (Phi) is 6.45. The van der Waals surface area contributed by atoms with Gasteiger partial charge in [-0.3, -0.25) is 14.5 Å². The van der Waals surface area contributed by atoms with E-state index >= 15 is 0 Å². The van der Waals surface area contributed by atoms with Crippen LogP contribution < -0.4 is 0 Å². The Morgan fingerprint density at radius 3 is 2.59 bits per heavy atom. The van der Waals surface area contributed by atoms with Gasteiger partial charge in [0, 0.05) is 26.2 Å². The van der Waals surface area contributed by atoms with E-state index in [1.165, 1.54) is 11.3 Å². The lowest BCUT2D eigenvalue weighted by molar-refractivity contribution is -0.129. The number of hydrogen-bond acceptors (Lipinski definition) is 7. The lowest BCUT2D eigenvalue weighted by Gasteiger charge is -2.30. The topological polar surface area (TPSA) is 83.0 Å². The maximum Gasteiger partial charge on any atom is 0.290 e. The number of benzene rings is 2. The van der Waals surface area contributed by atoms with Gasteiger partial charge in [-0.1, -0.05) is 42.0 Å². The largest absolute Gasteiger partial charge is 0.503 e. The van der Waals surface area contributed by atoms with Gasteiger partial charge in [0.15, 0.2) is 10.8 Å². The van der Waals surface area contributed by atoms with E-state index in [0.29, 0.717) is 6.54 Å². The first-order valence-corrected chi connectivity index (χ1v) is 12.4. The second-order valence-electron chi connectivity index (χ2n) is 8.70. The number of para-hydroxylation sites is 1. The Labute approximate surface area is 202 Å². The molecule has 0 unspecified atom stereocenters. The molecule has 176 valence electrons. The SMILES string of the molecule is Cc1ccc([C@H]2C(C(=O)c3nc4ccccc4s3)=C(O)C(=O)N2CCCN2CCOCC2)cc1. The molecule has 1 N–H and O–H groups in total. The van der Waals surface area contributed by atoms with Crippen LogP contribution in [0.2, 0.25) is 0 Å². The zero-order valence-electron chi connectivity index (χ0n) is 19.1. The van der Waals surface area contributed by atoms with E-state index < -0.39 is 23.5 Å². The van der Waals surface area contributed by atoms with Crippen LogP contribution >= 0.6 is 11.3 Å². The van der Waals surface area contributed by atoms with E-state index in [9.17, 15) is 14.7 Å². The third-order valence-electron chi connectivity index (χ3n) is 6.41. The highest BCUT2D eigenvalue weighted by Gasteiger charge is 2.44. The minimum atomic E-state index is -0.641. The van der Waals surface area contributed by atoms with E-state index in [1.807, 2.05) is 55.5 Å². The van der Waals surface area contributed by atoms with Gasteiger partial charge in [0.25, 0.3) is 5.91 Å². The first kappa shape index (κ1) is 22.7. The van der Waals surface area contributed by atoms with Crippen LogP contribution in [0.3, 0.4) is 0 Å². The van der Waals surface area contributed by atoms with Crippen LogP contribution in [-0.2, 0) is 9.53 Å². The summed E-state index contributed by atoms with van der Waals surface area (Å²) in [6.45, 7) is 6.45. The fourth-order valence-corrected chi connectivity index (χ4v) is 5.51. The molecule has 0 aliphatic carbocycles. The molecule has 1 amide bonds. The summed E-state index contributed by atoms with van der Waals surface area (Å²) in [5, 5.41) is 11.2. The predicted molar refractivity (Wildman–Crippen MR) is 131 cm³/mol. The summed E-state index contributed by atoms with van der Waals surface area (Å²) in [6.07, 6.45) is 0.740. The Balaban J connectivity index is 1.45. The molecule has 1 atom stereocenters. The van der Waals surface area contributed by atoms with Crippen LogP contribution in [0.1, 0.15) is 33.4 Å². The molecule has 0 saturated carbocycles.